The van der Waals surface area contributed by atoms with E-state index in [1.54, 1.807) is 4.57 Å². The number of rotatable bonds is 2. The predicted octanol–water partition coefficient (Wildman–Crippen LogP) is 7.33. The summed E-state index contributed by atoms with van der Waals surface area (Å²) in [7, 11) is 0. The van der Waals surface area contributed by atoms with Crippen LogP contribution in [0.5, 0.6) is 0 Å². The van der Waals surface area contributed by atoms with Crippen LogP contribution >= 0.6 is 0 Å². The van der Waals surface area contributed by atoms with Crippen molar-refractivity contribution >= 4 is 16.6 Å². The maximum atomic E-state index is 13.1. The molecule has 0 radical (unpaired) electrons. The molecule has 0 unspecified atom stereocenters. The van der Waals surface area contributed by atoms with E-state index in [1.165, 1.54) is 0 Å². The number of benzene rings is 2. The second-order valence-corrected chi connectivity index (χ2v) is 5.57. The Morgan fingerprint density at radius 1 is 0.793 bits per heavy atom. The third-order valence-electron chi connectivity index (χ3n) is 4.04. The van der Waals surface area contributed by atoms with Crippen LogP contribution in [0.2, 0.25) is 0 Å². The average Bonchev–Trinajstić information content (AvgIpc) is 2.84. The van der Waals surface area contributed by atoms with Gasteiger partial charge in [-0.2, -0.15) is 0 Å². The number of para-hydroxylation sites is 1. The van der Waals surface area contributed by atoms with Crippen molar-refractivity contribution in [3.8, 4) is 11.4 Å². The number of hydrogen-bond acceptors (Lipinski definition) is 2. The summed E-state index contributed by atoms with van der Waals surface area (Å²) in [5, 5.41) is 0.645. The van der Waals surface area contributed by atoms with Gasteiger partial charge in [0, 0.05) is 11.3 Å². The maximum Gasteiger partial charge on any atom is 0.266 e. The Labute approximate surface area is 175 Å². The van der Waals surface area contributed by atoms with Gasteiger partial charge in [0.15, 0.2) is 0 Å². The van der Waals surface area contributed by atoms with Crippen molar-refractivity contribution in [1.82, 2.24) is 9.55 Å². The van der Waals surface area contributed by atoms with Gasteiger partial charge in [-0.05, 0) is 31.1 Å². The molecule has 0 aliphatic heterocycles. The smallest absolute Gasteiger partial charge is 0.266 e. The summed E-state index contributed by atoms with van der Waals surface area (Å²) in [5.41, 5.74) is 2.55. The van der Waals surface area contributed by atoms with Gasteiger partial charge in [-0.15, -0.1) is 0 Å². The standard InChI is InChI=1S/C20H16N2O.3C2H6/c23-20-17-13-7-8-14-18(17)21-19(15-9-3-1-4-10-15)22(20)16-11-5-2-6-12-16;3*1-2/h1,3-5,7-14H,2,6H2;3*1-2H3. The van der Waals surface area contributed by atoms with E-state index in [1.807, 2.05) is 102 Å². The summed E-state index contributed by atoms with van der Waals surface area (Å²) >= 11 is 0. The van der Waals surface area contributed by atoms with Gasteiger partial charge in [0.1, 0.15) is 5.82 Å². The topological polar surface area (TPSA) is 34.9 Å². The largest absolute Gasteiger partial charge is 0.268 e. The Kier molecular flexibility index (Phi) is 11.0. The number of aromatic nitrogens is 2. The van der Waals surface area contributed by atoms with Crippen molar-refractivity contribution in [3.05, 3.63) is 83.2 Å². The summed E-state index contributed by atoms with van der Waals surface area (Å²) in [5.74, 6) is 0.687. The van der Waals surface area contributed by atoms with Crippen LogP contribution in [-0.2, 0) is 0 Å². The third-order valence-corrected chi connectivity index (χ3v) is 4.04. The first-order chi connectivity index (χ1) is 14.3. The van der Waals surface area contributed by atoms with E-state index in [0.717, 1.165) is 29.6 Å². The van der Waals surface area contributed by atoms with Crippen molar-refractivity contribution in [3.63, 3.8) is 0 Å². The molecule has 4 rings (SSSR count). The third kappa shape index (κ3) is 5.77. The minimum Gasteiger partial charge on any atom is -0.268 e. The maximum absolute atomic E-state index is 13.1. The van der Waals surface area contributed by atoms with E-state index in [4.69, 9.17) is 4.98 Å². The summed E-state index contributed by atoms with van der Waals surface area (Å²) in [6, 6.07) is 17.4. The molecule has 0 fully saturated rings. The van der Waals surface area contributed by atoms with Crippen LogP contribution in [0, 0.1) is 0 Å². The molecule has 3 nitrogen and oxygen atoms in total. The van der Waals surface area contributed by atoms with Gasteiger partial charge in [-0.25, -0.2) is 4.98 Å². The Bertz CT molecular complexity index is 983. The first kappa shape index (κ1) is 24.1. The Hall–Kier alpha value is -2.94. The molecule has 1 heterocycles. The van der Waals surface area contributed by atoms with Gasteiger partial charge in [0.05, 0.1) is 10.9 Å². The zero-order chi connectivity index (χ0) is 21.6. The second-order valence-electron chi connectivity index (χ2n) is 5.57. The van der Waals surface area contributed by atoms with Crippen LogP contribution in [0.3, 0.4) is 0 Å². The average molecular weight is 391 g/mol. The molecule has 29 heavy (non-hydrogen) atoms. The van der Waals surface area contributed by atoms with Gasteiger partial charge >= 0.3 is 0 Å². The minimum atomic E-state index is -0.0211. The lowest BCUT2D eigenvalue weighted by Gasteiger charge is -2.16. The fourth-order valence-corrected chi connectivity index (χ4v) is 2.92. The number of allylic oxidation sites excluding steroid dienone is 4. The highest BCUT2D eigenvalue weighted by atomic mass is 16.1. The summed E-state index contributed by atoms with van der Waals surface area (Å²) in [4.78, 5) is 17.8. The van der Waals surface area contributed by atoms with Crippen LogP contribution in [0.4, 0.5) is 0 Å². The van der Waals surface area contributed by atoms with E-state index >= 15 is 0 Å². The first-order valence-electron chi connectivity index (χ1n) is 10.8. The van der Waals surface area contributed by atoms with Crippen LogP contribution in [0.25, 0.3) is 28.0 Å². The Morgan fingerprint density at radius 3 is 2.03 bits per heavy atom. The van der Waals surface area contributed by atoms with Gasteiger partial charge in [-0.3, -0.25) is 9.36 Å². The zero-order valence-electron chi connectivity index (χ0n) is 18.6. The molecule has 0 atom stereocenters. The quantitative estimate of drug-likeness (QED) is 0.459. The number of fused-ring (bicyclic) bond motifs is 1. The van der Waals surface area contributed by atoms with Crippen molar-refractivity contribution in [2.45, 2.75) is 54.4 Å². The van der Waals surface area contributed by atoms with E-state index in [2.05, 4.69) is 12.2 Å². The monoisotopic (exact) mass is 390 g/mol. The molecule has 3 aromatic rings. The summed E-state index contributed by atoms with van der Waals surface area (Å²) in [6.07, 6.45) is 8.17. The lowest BCUT2D eigenvalue weighted by Crippen LogP contribution is -2.22. The molecular formula is C26H34N2O. The molecule has 1 aliphatic carbocycles. The molecule has 0 amide bonds. The second kappa shape index (κ2) is 13.3. The lowest BCUT2D eigenvalue weighted by atomic mass is 10.1. The zero-order valence-corrected chi connectivity index (χ0v) is 18.6. The predicted molar refractivity (Wildman–Crippen MR) is 128 cm³/mol. The molecule has 1 aromatic heterocycles. The number of hydrogen-bond donors (Lipinski definition) is 0. The molecule has 0 saturated heterocycles. The molecular weight excluding hydrogens is 356 g/mol. The lowest BCUT2D eigenvalue weighted by molar-refractivity contribution is 0.962. The first-order valence-corrected chi connectivity index (χ1v) is 10.8. The number of nitrogens with zero attached hydrogens (tertiary/aromatic N) is 2. The highest BCUT2D eigenvalue weighted by molar-refractivity contribution is 5.82. The van der Waals surface area contributed by atoms with Crippen molar-refractivity contribution < 1.29 is 0 Å². The van der Waals surface area contributed by atoms with Crippen LogP contribution in [0.1, 0.15) is 54.4 Å². The van der Waals surface area contributed by atoms with Crippen LogP contribution < -0.4 is 5.56 Å². The molecule has 3 heteroatoms. The normalized spacial score (nSPS) is 11.7. The highest BCUT2D eigenvalue weighted by Gasteiger charge is 2.15. The van der Waals surface area contributed by atoms with E-state index in [-0.39, 0.29) is 5.56 Å². The fraction of sp³-hybridized carbons (Fsp3) is 0.308. The van der Waals surface area contributed by atoms with Crippen molar-refractivity contribution in [2.24, 2.45) is 0 Å². The van der Waals surface area contributed by atoms with E-state index in [9.17, 15) is 4.79 Å². The summed E-state index contributed by atoms with van der Waals surface area (Å²) in [6.45, 7) is 12.0. The molecule has 0 spiro atoms. The molecule has 2 aromatic carbocycles. The molecule has 0 N–H and O–H groups in total. The Balaban J connectivity index is 0.000000644. The van der Waals surface area contributed by atoms with E-state index in [0.29, 0.717) is 11.2 Å². The van der Waals surface area contributed by atoms with Crippen LogP contribution in [-0.4, -0.2) is 9.55 Å². The molecule has 1 aliphatic rings. The van der Waals surface area contributed by atoms with Crippen LogP contribution in [0.15, 0.2) is 77.6 Å². The SMILES string of the molecule is CC.CC.CC.O=c1c2ccccc2nc(-c2ccccc2)n1C1=CCCC=C1. The van der Waals surface area contributed by atoms with Gasteiger partial charge in [0.25, 0.3) is 5.56 Å². The summed E-state index contributed by atoms with van der Waals surface area (Å²) < 4.78 is 1.73. The molecule has 0 bridgehead atoms. The van der Waals surface area contributed by atoms with Gasteiger partial charge in [0.2, 0.25) is 0 Å². The fourth-order valence-electron chi connectivity index (χ4n) is 2.92. The van der Waals surface area contributed by atoms with Gasteiger partial charge < -0.3 is 0 Å². The highest BCUT2D eigenvalue weighted by Crippen LogP contribution is 2.23. The van der Waals surface area contributed by atoms with Gasteiger partial charge in [-0.1, -0.05) is 96.2 Å². The minimum absolute atomic E-state index is 0.0211. The Morgan fingerprint density at radius 2 is 1.41 bits per heavy atom. The van der Waals surface area contributed by atoms with Crippen molar-refractivity contribution in [2.75, 3.05) is 0 Å². The molecule has 0 saturated carbocycles. The molecule has 154 valence electrons. The van der Waals surface area contributed by atoms with E-state index < -0.39 is 0 Å². The van der Waals surface area contributed by atoms with Crippen molar-refractivity contribution in [1.29, 1.82) is 0 Å².